The fraction of sp³-hybridized carbons (Fsp3) is 0.900. The predicted molar refractivity (Wildman–Crippen MR) is 88.1 cm³/mol. The minimum atomic E-state index is -1.82. The average molecular weight is 336 g/mol. The molecule has 0 radical (unpaired) electrons. The van der Waals surface area contributed by atoms with Gasteiger partial charge in [0.15, 0.2) is 11.5 Å². The van der Waals surface area contributed by atoms with E-state index in [0.29, 0.717) is 32.1 Å². The molecule has 0 heterocycles. The molecule has 1 N–H and O–H groups in total. The molecule has 3 nitrogen and oxygen atoms in total. The Bertz CT molecular complexity index is 614. The van der Waals surface area contributed by atoms with Crippen LogP contribution in [-0.4, -0.2) is 27.9 Å². The second-order valence-electron chi connectivity index (χ2n) is 9.69. The summed E-state index contributed by atoms with van der Waals surface area (Å²) in [7, 11) is 0. The summed E-state index contributed by atoms with van der Waals surface area (Å²) < 4.78 is 16.6. The van der Waals surface area contributed by atoms with E-state index >= 15 is 4.39 Å². The third-order valence-corrected chi connectivity index (χ3v) is 8.88. The molecule has 4 aliphatic rings. The van der Waals surface area contributed by atoms with Crippen LogP contribution in [0.3, 0.4) is 0 Å². The van der Waals surface area contributed by atoms with Crippen molar-refractivity contribution in [2.75, 3.05) is 0 Å². The van der Waals surface area contributed by atoms with E-state index in [4.69, 9.17) is 0 Å². The fourth-order valence-electron chi connectivity index (χ4n) is 6.98. The Morgan fingerprint density at radius 1 is 1.00 bits per heavy atom. The summed E-state index contributed by atoms with van der Waals surface area (Å²) >= 11 is 0. The van der Waals surface area contributed by atoms with Crippen molar-refractivity contribution in [3.63, 3.8) is 0 Å². The van der Waals surface area contributed by atoms with Crippen LogP contribution in [0.4, 0.5) is 4.39 Å². The van der Waals surface area contributed by atoms with Gasteiger partial charge in [-0.3, -0.25) is 9.59 Å². The van der Waals surface area contributed by atoms with Gasteiger partial charge in [-0.25, -0.2) is 4.39 Å². The van der Waals surface area contributed by atoms with E-state index in [1.807, 2.05) is 20.8 Å². The van der Waals surface area contributed by atoms with Gasteiger partial charge in [0.1, 0.15) is 5.78 Å². The summed E-state index contributed by atoms with van der Waals surface area (Å²) in [6.45, 7) is 5.73. The normalized spacial score (nSPS) is 57.3. The third-order valence-electron chi connectivity index (χ3n) is 8.88. The van der Waals surface area contributed by atoms with Crippen LogP contribution in [0.15, 0.2) is 0 Å². The van der Waals surface area contributed by atoms with Crippen molar-refractivity contribution in [2.24, 2.45) is 28.6 Å². The van der Waals surface area contributed by atoms with Crippen molar-refractivity contribution in [1.82, 2.24) is 0 Å². The van der Waals surface area contributed by atoms with Gasteiger partial charge in [0.2, 0.25) is 0 Å². The topological polar surface area (TPSA) is 54.4 Å². The summed E-state index contributed by atoms with van der Waals surface area (Å²) in [5.41, 5.74) is -3.94. The standard InChI is InChI=1S/C20H29FO3/c1-17-8-6-13(22)10-12(17)4-5-15-14-7-9-19(3,24)18(14,2)11-16(23)20(15,17)21/h12,14-15,24H,4-11H2,1-3H3/t12-,14+,15+,17+,18+,19+,20?/m1/s1. The predicted octanol–water partition coefficient (Wildman–Crippen LogP) is 3.62. The van der Waals surface area contributed by atoms with Gasteiger partial charge in [-0.1, -0.05) is 13.8 Å². The van der Waals surface area contributed by atoms with Gasteiger partial charge in [-0.05, 0) is 50.9 Å². The number of Topliss-reactive ketones (excluding diaryl/α,β-unsaturated/α-hetero) is 2. The van der Waals surface area contributed by atoms with Gasteiger partial charge in [0.05, 0.1) is 5.60 Å². The number of carbonyl (C=O) groups excluding carboxylic acids is 2. The Morgan fingerprint density at radius 3 is 2.42 bits per heavy atom. The molecule has 0 aliphatic heterocycles. The number of carbonyl (C=O) groups is 2. The summed E-state index contributed by atoms with van der Waals surface area (Å²) in [4.78, 5) is 25.0. The number of halogens is 1. The van der Waals surface area contributed by atoms with E-state index in [0.717, 1.165) is 12.8 Å². The summed E-state index contributed by atoms with van der Waals surface area (Å²) in [5, 5.41) is 10.9. The van der Waals surface area contributed by atoms with Crippen LogP contribution in [0.25, 0.3) is 0 Å². The molecule has 4 saturated carbocycles. The molecule has 0 aromatic rings. The molecule has 1 unspecified atom stereocenters. The molecule has 0 amide bonds. The van der Waals surface area contributed by atoms with Crippen LogP contribution >= 0.6 is 0 Å². The molecule has 4 fully saturated rings. The second-order valence-corrected chi connectivity index (χ2v) is 9.69. The molecule has 0 spiro atoms. The van der Waals surface area contributed by atoms with Gasteiger partial charge >= 0.3 is 0 Å². The Balaban J connectivity index is 1.79. The van der Waals surface area contributed by atoms with Crippen molar-refractivity contribution in [1.29, 1.82) is 0 Å². The summed E-state index contributed by atoms with van der Waals surface area (Å²) in [6.07, 6.45) is 4.41. The minimum Gasteiger partial charge on any atom is -0.390 e. The summed E-state index contributed by atoms with van der Waals surface area (Å²) in [6, 6.07) is 0. The lowest BCUT2D eigenvalue weighted by molar-refractivity contribution is -0.205. The lowest BCUT2D eigenvalue weighted by Gasteiger charge is -2.62. The van der Waals surface area contributed by atoms with Crippen molar-refractivity contribution < 1.29 is 19.1 Å². The maximum Gasteiger partial charge on any atom is 0.177 e. The zero-order valence-corrected chi connectivity index (χ0v) is 15.0. The maximum atomic E-state index is 16.6. The molecular weight excluding hydrogens is 307 g/mol. The molecule has 0 aromatic carbocycles. The first-order valence-electron chi connectivity index (χ1n) is 9.52. The number of hydrogen-bond acceptors (Lipinski definition) is 3. The SMILES string of the molecule is C[C@]12CCC(=O)C[C@H]1CC[C@H]1[C@@H]3CC[C@](C)(O)[C@@]3(C)CC(=O)C12F. The average Bonchev–Trinajstić information content (AvgIpc) is 2.72. The first-order valence-corrected chi connectivity index (χ1v) is 9.52. The van der Waals surface area contributed by atoms with Gasteiger partial charge in [-0.2, -0.15) is 0 Å². The lowest BCUT2D eigenvalue weighted by atomic mass is 9.42. The van der Waals surface area contributed by atoms with Crippen LogP contribution < -0.4 is 0 Å². The summed E-state index contributed by atoms with van der Waals surface area (Å²) in [5.74, 6) is -0.334. The first-order chi connectivity index (χ1) is 11.1. The van der Waals surface area contributed by atoms with Crippen molar-refractivity contribution in [2.45, 2.75) is 83.4 Å². The monoisotopic (exact) mass is 336 g/mol. The van der Waals surface area contributed by atoms with Crippen molar-refractivity contribution in [3.8, 4) is 0 Å². The quantitative estimate of drug-likeness (QED) is 0.735. The number of ketones is 2. The highest BCUT2D eigenvalue weighted by atomic mass is 19.1. The van der Waals surface area contributed by atoms with E-state index < -0.39 is 22.1 Å². The van der Waals surface area contributed by atoms with Gasteiger partial charge in [0, 0.05) is 36.0 Å². The number of aliphatic hydroxyl groups is 1. The van der Waals surface area contributed by atoms with Crippen LogP contribution in [0.1, 0.15) is 72.1 Å². The zero-order chi connectivity index (χ0) is 17.5. The molecule has 7 atom stereocenters. The Labute approximate surface area is 143 Å². The molecule has 24 heavy (non-hydrogen) atoms. The minimum absolute atomic E-state index is 0.00443. The highest BCUT2D eigenvalue weighted by molar-refractivity contribution is 5.91. The molecule has 134 valence electrons. The van der Waals surface area contributed by atoms with Crippen LogP contribution in [0.5, 0.6) is 0 Å². The van der Waals surface area contributed by atoms with Crippen LogP contribution in [-0.2, 0) is 9.59 Å². The smallest absolute Gasteiger partial charge is 0.177 e. The van der Waals surface area contributed by atoms with Gasteiger partial charge in [0.25, 0.3) is 0 Å². The number of alkyl halides is 1. The van der Waals surface area contributed by atoms with Crippen molar-refractivity contribution >= 4 is 11.6 Å². The molecule has 4 rings (SSSR count). The van der Waals surface area contributed by atoms with E-state index in [1.165, 1.54) is 0 Å². The lowest BCUT2D eigenvalue weighted by Crippen LogP contribution is -2.68. The van der Waals surface area contributed by atoms with Gasteiger partial charge in [-0.15, -0.1) is 0 Å². The van der Waals surface area contributed by atoms with Gasteiger partial charge < -0.3 is 5.11 Å². The van der Waals surface area contributed by atoms with E-state index in [9.17, 15) is 14.7 Å². The van der Waals surface area contributed by atoms with Crippen LogP contribution in [0.2, 0.25) is 0 Å². The van der Waals surface area contributed by atoms with E-state index in [2.05, 4.69) is 0 Å². The molecule has 0 saturated heterocycles. The Hall–Kier alpha value is -0.770. The Morgan fingerprint density at radius 2 is 1.71 bits per heavy atom. The molecule has 4 heteroatoms. The molecular formula is C20H29FO3. The van der Waals surface area contributed by atoms with E-state index in [-0.39, 0.29) is 35.7 Å². The highest BCUT2D eigenvalue weighted by Crippen LogP contribution is 2.69. The number of hydrogen-bond donors (Lipinski definition) is 1. The fourth-order valence-corrected chi connectivity index (χ4v) is 6.98. The number of rotatable bonds is 0. The largest absolute Gasteiger partial charge is 0.390 e. The first kappa shape index (κ1) is 16.7. The Kier molecular flexibility index (Phi) is 3.26. The van der Waals surface area contributed by atoms with Crippen molar-refractivity contribution in [3.05, 3.63) is 0 Å². The zero-order valence-electron chi connectivity index (χ0n) is 15.0. The van der Waals surface area contributed by atoms with E-state index in [1.54, 1.807) is 0 Å². The highest BCUT2D eigenvalue weighted by Gasteiger charge is 2.73. The molecule has 0 bridgehead atoms. The number of fused-ring (bicyclic) bond motifs is 5. The van der Waals surface area contributed by atoms with Crippen LogP contribution in [0, 0.1) is 28.6 Å². The molecule has 4 aliphatic carbocycles. The third kappa shape index (κ3) is 1.71. The molecule has 0 aromatic heterocycles. The maximum absolute atomic E-state index is 16.6. The second kappa shape index (κ2) is 4.69.